The number of aliphatic carboxylic acids is 1. The van der Waals surface area contributed by atoms with E-state index in [0.29, 0.717) is 33.9 Å². The molecule has 4 atom stereocenters. The molecule has 0 heterocycles. The van der Waals surface area contributed by atoms with Crippen molar-refractivity contribution in [1.82, 2.24) is 0 Å². The van der Waals surface area contributed by atoms with E-state index in [9.17, 15) is 14.7 Å². The predicted molar refractivity (Wildman–Crippen MR) is 148 cm³/mol. The lowest BCUT2D eigenvalue weighted by Crippen LogP contribution is -2.52. The molecule has 1 fully saturated rings. The summed E-state index contributed by atoms with van der Waals surface area (Å²) in [6.07, 6.45) is 0. The van der Waals surface area contributed by atoms with Gasteiger partial charge in [0.1, 0.15) is 17.2 Å². The molecule has 1 aliphatic rings. The Balaban J connectivity index is 1.54. The zero-order chi connectivity index (χ0) is 28.2. The van der Waals surface area contributed by atoms with Crippen LogP contribution < -0.4 is 14.2 Å². The van der Waals surface area contributed by atoms with E-state index >= 15 is 0 Å². The van der Waals surface area contributed by atoms with Gasteiger partial charge in [0.25, 0.3) is 0 Å². The van der Waals surface area contributed by atoms with Gasteiger partial charge in [-0.25, -0.2) is 0 Å². The van der Waals surface area contributed by atoms with Crippen LogP contribution in [0.4, 0.5) is 0 Å². The van der Waals surface area contributed by atoms with Gasteiger partial charge in [0, 0.05) is 11.8 Å². The molecular formula is C33H27NO6. The Labute approximate surface area is 232 Å². The zero-order valence-electron chi connectivity index (χ0n) is 22.0. The molecule has 7 nitrogen and oxygen atoms in total. The van der Waals surface area contributed by atoms with Crippen molar-refractivity contribution in [3.63, 3.8) is 0 Å². The number of rotatable bonds is 8. The molecule has 200 valence electrons. The van der Waals surface area contributed by atoms with Gasteiger partial charge in [0.2, 0.25) is 0 Å². The highest BCUT2D eigenvalue weighted by molar-refractivity contribution is 5.86. The predicted octanol–water partition coefficient (Wildman–Crippen LogP) is 6.05. The van der Waals surface area contributed by atoms with Crippen LogP contribution in [0.5, 0.6) is 17.2 Å². The number of ether oxygens (including phenoxy) is 3. The van der Waals surface area contributed by atoms with Gasteiger partial charge in [-0.2, -0.15) is 5.26 Å². The molecule has 2 unspecified atom stereocenters. The summed E-state index contributed by atoms with van der Waals surface area (Å²) in [5.41, 5.74) is 3.50. The summed E-state index contributed by atoms with van der Waals surface area (Å²) < 4.78 is 17.0. The summed E-state index contributed by atoms with van der Waals surface area (Å²) in [5.74, 6) is -3.28. The Morgan fingerprint density at radius 1 is 0.725 bits per heavy atom. The van der Waals surface area contributed by atoms with E-state index in [1.807, 2.05) is 18.2 Å². The Morgan fingerprint density at radius 3 is 1.82 bits per heavy atom. The molecular weight excluding hydrogens is 506 g/mol. The third-order valence-corrected chi connectivity index (χ3v) is 7.50. The van der Waals surface area contributed by atoms with Crippen molar-refractivity contribution in [2.75, 3.05) is 14.2 Å². The molecule has 0 amide bonds. The molecule has 0 aromatic heterocycles. The second-order valence-corrected chi connectivity index (χ2v) is 9.56. The number of esters is 1. The fourth-order valence-electron chi connectivity index (χ4n) is 5.67. The van der Waals surface area contributed by atoms with E-state index in [1.54, 1.807) is 78.9 Å². The van der Waals surface area contributed by atoms with Crippen molar-refractivity contribution in [1.29, 1.82) is 5.26 Å². The quantitative estimate of drug-likeness (QED) is 0.217. The number of para-hydroxylation sites is 2. The molecule has 1 aliphatic carbocycles. The normalized spacial score (nSPS) is 19.5. The summed E-state index contributed by atoms with van der Waals surface area (Å²) >= 11 is 0. The van der Waals surface area contributed by atoms with Crippen molar-refractivity contribution in [2.45, 2.75) is 11.8 Å². The largest absolute Gasteiger partial charge is 0.496 e. The van der Waals surface area contributed by atoms with E-state index in [4.69, 9.17) is 19.5 Å². The van der Waals surface area contributed by atoms with E-state index in [0.717, 1.165) is 11.1 Å². The molecule has 7 heteroatoms. The first-order chi connectivity index (χ1) is 19.5. The molecule has 0 saturated heterocycles. The second-order valence-electron chi connectivity index (χ2n) is 9.56. The molecule has 5 rings (SSSR count). The topological polar surface area (TPSA) is 106 Å². The van der Waals surface area contributed by atoms with E-state index in [-0.39, 0.29) is 0 Å². The molecule has 1 saturated carbocycles. The van der Waals surface area contributed by atoms with Crippen LogP contribution in [-0.4, -0.2) is 31.3 Å². The molecule has 40 heavy (non-hydrogen) atoms. The monoisotopic (exact) mass is 533 g/mol. The van der Waals surface area contributed by atoms with Gasteiger partial charge in [-0.15, -0.1) is 0 Å². The van der Waals surface area contributed by atoms with Gasteiger partial charge in [0.05, 0.1) is 37.7 Å². The van der Waals surface area contributed by atoms with Gasteiger partial charge in [0.15, 0.2) is 0 Å². The summed E-state index contributed by atoms with van der Waals surface area (Å²) in [4.78, 5) is 26.6. The minimum atomic E-state index is -1.02. The number of nitrogens with zero attached hydrogens (tertiary/aromatic N) is 1. The highest BCUT2D eigenvalue weighted by Gasteiger charge is 2.60. The number of hydrogen-bond donors (Lipinski definition) is 1. The summed E-state index contributed by atoms with van der Waals surface area (Å²) in [6.45, 7) is 0. The number of carboxylic acids is 1. The lowest BCUT2D eigenvalue weighted by atomic mass is 9.52. The molecule has 0 spiro atoms. The first-order valence-electron chi connectivity index (χ1n) is 12.8. The first-order valence-corrected chi connectivity index (χ1v) is 12.8. The van der Waals surface area contributed by atoms with Crippen LogP contribution in [0.25, 0.3) is 11.1 Å². The van der Waals surface area contributed by atoms with Gasteiger partial charge in [-0.1, -0.05) is 60.7 Å². The molecule has 1 N–H and O–H groups in total. The van der Waals surface area contributed by atoms with Crippen LogP contribution in [0.15, 0.2) is 97.1 Å². The standard InChI is InChI=1S/C33H27NO6/c1-38-26-12-5-3-10-24(26)28-30(32(35)36)29(25-11-4-6-13-27(25)39-2)31(28)33(37)40-23-9-7-8-22(18-23)21-16-14-20(19-34)15-17-21/h3-18,28-31H,1-2H3,(H,35,36)/t28-,29?,30-,31?/m1/s1. The van der Waals surface area contributed by atoms with Gasteiger partial charge in [-0.05, 0) is 58.7 Å². The molecule has 0 bridgehead atoms. The van der Waals surface area contributed by atoms with E-state index in [2.05, 4.69) is 6.07 Å². The number of nitriles is 1. The van der Waals surface area contributed by atoms with Crippen LogP contribution in [0, 0.1) is 23.2 Å². The summed E-state index contributed by atoms with van der Waals surface area (Å²) in [7, 11) is 3.04. The summed E-state index contributed by atoms with van der Waals surface area (Å²) in [5, 5.41) is 19.4. The average Bonchev–Trinajstić information content (AvgIpc) is 2.97. The molecule has 0 radical (unpaired) electrons. The number of hydrogen-bond acceptors (Lipinski definition) is 6. The van der Waals surface area contributed by atoms with Crippen LogP contribution in [0.3, 0.4) is 0 Å². The Kier molecular flexibility index (Phi) is 7.52. The maximum atomic E-state index is 13.9. The Morgan fingerprint density at radius 2 is 1.30 bits per heavy atom. The third-order valence-electron chi connectivity index (χ3n) is 7.50. The van der Waals surface area contributed by atoms with E-state index < -0.39 is 35.6 Å². The van der Waals surface area contributed by atoms with Crippen molar-refractivity contribution >= 4 is 11.9 Å². The minimum absolute atomic E-state index is 0.336. The lowest BCUT2D eigenvalue weighted by molar-refractivity contribution is -0.158. The van der Waals surface area contributed by atoms with Crippen LogP contribution >= 0.6 is 0 Å². The fourth-order valence-corrected chi connectivity index (χ4v) is 5.67. The van der Waals surface area contributed by atoms with Crippen LogP contribution in [0.2, 0.25) is 0 Å². The maximum Gasteiger partial charge on any atom is 0.315 e. The minimum Gasteiger partial charge on any atom is -0.496 e. The first kappa shape index (κ1) is 26.5. The summed E-state index contributed by atoms with van der Waals surface area (Å²) in [6, 6.07) is 30.6. The Hall–Kier alpha value is -5.09. The third kappa shape index (κ3) is 4.87. The van der Waals surface area contributed by atoms with Crippen molar-refractivity contribution < 1.29 is 28.9 Å². The van der Waals surface area contributed by atoms with Crippen LogP contribution in [0.1, 0.15) is 28.5 Å². The van der Waals surface area contributed by atoms with Crippen molar-refractivity contribution in [3.05, 3.63) is 114 Å². The Bertz CT molecular complexity index is 1530. The number of carbonyl (C=O) groups excluding carboxylic acids is 1. The van der Waals surface area contributed by atoms with Crippen molar-refractivity contribution in [2.24, 2.45) is 11.8 Å². The number of benzene rings is 4. The number of carboxylic acid groups (broad SMARTS) is 1. The highest BCUT2D eigenvalue weighted by atomic mass is 16.5. The van der Waals surface area contributed by atoms with E-state index in [1.165, 1.54) is 14.2 Å². The number of methoxy groups -OCH3 is 2. The second kappa shape index (κ2) is 11.3. The SMILES string of the molecule is COc1ccccc1C1C(C(=O)Oc2cccc(-c3ccc(C#N)cc3)c2)[C@H](c2ccccc2OC)[C@H]1C(=O)O. The zero-order valence-corrected chi connectivity index (χ0v) is 22.0. The van der Waals surface area contributed by atoms with Crippen molar-refractivity contribution in [3.8, 4) is 34.4 Å². The highest BCUT2D eigenvalue weighted by Crippen LogP contribution is 2.60. The van der Waals surface area contributed by atoms with Gasteiger partial charge >= 0.3 is 11.9 Å². The molecule has 0 aliphatic heterocycles. The molecule has 4 aromatic carbocycles. The lowest BCUT2D eigenvalue weighted by Gasteiger charge is -2.49. The maximum absolute atomic E-state index is 13.9. The number of carbonyl (C=O) groups is 2. The van der Waals surface area contributed by atoms with Gasteiger partial charge in [-0.3, -0.25) is 9.59 Å². The smallest absolute Gasteiger partial charge is 0.315 e. The van der Waals surface area contributed by atoms with Crippen LogP contribution in [-0.2, 0) is 9.59 Å². The molecule has 4 aromatic rings. The van der Waals surface area contributed by atoms with Gasteiger partial charge < -0.3 is 19.3 Å². The average molecular weight is 534 g/mol. The fraction of sp³-hybridized carbons (Fsp3) is 0.182.